The van der Waals surface area contributed by atoms with E-state index in [2.05, 4.69) is 20.7 Å². The van der Waals surface area contributed by atoms with Gasteiger partial charge in [0.15, 0.2) is 0 Å². The summed E-state index contributed by atoms with van der Waals surface area (Å²) >= 11 is 3.06. The van der Waals surface area contributed by atoms with Crippen molar-refractivity contribution in [2.45, 2.75) is 37.1 Å². The van der Waals surface area contributed by atoms with E-state index in [4.69, 9.17) is 5.73 Å². The molecule has 106 valence electrons. The highest BCUT2D eigenvalue weighted by Crippen LogP contribution is 2.31. The molecule has 0 spiro atoms. The third-order valence-corrected chi connectivity index (χ3v) is 6.06. The Morgan fingerprint density at radius 3 is 2.63 bits per heavy atom. The average molecular weight is 351 g/mol. The van der Waals surface area contributed by atoms with Gasteiger partial charge < -0.3 is 5.73 Å². The van der Waals surface area contributed by atoms with E-state index in [1.807, 2.05) is 6.92 Å². The van der Waals surface area contributed by atoms with E-state index in [0.717, 1.165) is 31.4 Å². The van der Waals surface area contributed by atoms with Gasteiger partial charge >= 0.3 is 0 Å². The Kier molecular flexibility index (Phi) is 4.17. The molecule has 0 bridgehead atoms. The molecule has 2 rings (SSSR count). The monoisotopic (exact) mass is 350 g/mol. The number of nitrogens with two attached hydrogens (primary N) is 1. The lowest BCUT2D eigenvalue weighted by molar-refractivity contribution is 0.260. The Bertz CT molecular complexity index is 588. The lowest BCUT2D eigenvalue weighted by Gasteiger charge is -2.31. The Morgan fingerprint density at radius 2 is 2.11 bits per heavy atom. The van der Waals surface area contributed by atoms with Crippen LogP contribution in [-0.2, 0) is 10.0 Å². The standard InChI is InChI=1S/C12H16BrFN2O2S/c1-7(8-3-2-4-8)16-19(17,18)12-6-11(15)10(14)5-9(12)13/h5-8,16H,2-4,15H2,1H3. The van der Waals surface area contributed by atoms with Crippen LogP contribution >= 0.6 is 15.9 Å². The SMILES string of the molecule is CC(NS(=O)(=O)c1cc(N)c(F)cc1Br)C1CCC1. The summed E-state index contributed by atoms with van der Waals surface area (Å²) in [5, 5.41) is 0. The van der Waals surface area contributed by atoms with E-state index in [0.29, 0.717) is 5.92 Å². The first kappa shape index (κ1) is 14.7. The van der Waals surface area contributed by atoms with Crippen LogP contribution in [0.4, 0.5) is 10.1 Å². The van der Waals surface area contributed by atoms with Gasteiger partial charge in [-0.25, -0.2) is 17.5 Å². The van der Waals surface area contributed by atoms with Crippen molar-refractivity contribution >= 4 is 31.6 Å². The maximum atomic E-state index is 13.2. The van der Waals surface area contributed by atoms with Crippen LogP contribution in [0.2, 0.25) is 0 Å². The third kappa shape index (κ3) is 3.09. The summed E-state index contributed by atoms with van der Waals surface area (Å²) in [6.45, 7) is 1.85. The first-order valence-corrected chi connectivity index (χ1v) is 8.35. The predicted octanol–water partition coefficient (Wildman–Crippen LogP) is 2.64. The van der Waals surface area contributed by atoms with Crippen molar-refractivity contribution in [3.05, 3.63) is 22.4 Å². The molecule has 1 atom stereocenters. The van der Waals surface area contributed by atoms with E-state index in [9.17, 15) is 12.8 Å². The molecule has 0 radical (unpaired) electrons. The zero-order chi connectivity index (χ0) is 14.2. The van der Waals surface area contributed by atoms with E-state index < -0.39 is 15.8 Å². The van der Waals surface area contributed by atoms with Crippen molar-refractivity contribution in [1.82, 2.24) is 4.72 Å². The summed E-state index contributed by atoms with van der Waals surface area (Å²) in [7, 11) is -3.69. The number of anilines is 1. The molecule has 0 saturated heterocycles. The highest BCUT2D eigenvalue weighted by atomic mass is 79.9. The molecule has 1 fully saturated rings. The molecule has 1 unspecified atom stereocenters. The molecule has 0 heterocycles. The number of sulfonamides is 1. The molecular formula is C12H16BrFN2O2S. The van der Waals surface area contributed by atoms with Crippen LogP contribution in [0.25, 0.3) is 0 Å². The Hall–Kier alpha value is -0.660. The highest BCUT2D eigenvalue weighted by molar-refractivity contribution is 9.10. The second-order valence-electron chi connectivity index (χ2n) is 4.91. The molecule has 1 aromatic carbocycles. The second-order valence-corrected chi connectivity index (χ2v) is 7.44. The summed E-state index contributed by atoms with van der Waals surface area (Å²) in [5.41, 5.74) is 5.25. The normalized spacial score (nSPS) is 18.1. The fourth-order valence-electron chi connectivity index (χ4n) is 2.10. The van der Waals surface area contributed by atoms with Crippen molar-refractivity contribution in [3.63, 3.8) is 0 Å². The molecule has 0 aromatic heterocycles. The molecule has 1 aliphatic rings. The van der Waals surface area contributed by atoms with Gasteiger partial charge in [0.05, 0.1) is 10.6 Å². The number of rotatable bonds is 4. The molecule has 0 amide bonds. The zero-order valence-electron chi connectivity index (χ0n) is 10.5. The maximum Gasteiger partial charge on any atom is 0.242 e. The summed E-state index contributed by atoms with van der Waals surface area (Å²) < 4.78 is 40.5. The average Bonchev–Trinajstić information content (AvgIpc) is 2.19. The molecule has 4 nitrogen and oxygen atoms in total. The minimum atomic E-state index is -3.69. The zero-order valence-corrected chi connectivity index (χ0v) is 12.9. The molecule has 0 aliphatic heterocycles. The molecular weight excluding hydrogens is 335 g/mol. The third-order valence-electron chi connectivity index (χ3n) is 3.54. The Labute approximate surface area is 120 Å². The highest BCUT2D eigenvalue weighted by Gasteiger charge is 2.29. The van der Waals surface area contributed by atoms with Crippen LogP contribution in [0.5, 0.6) is 0 Å². The lowest BCUT2D eigenvalue weighted by Crippen LogP contribution is -2.40. The fraction of sp³-hybridized carbons (Fsp3) is 0.500. The quantitative estimate of drug-likeness (QED) is 0.820. The van der Waals surface area contributed by atoms with E-state index in [1.54, 1.807) is 0 Å². The first-order chi connectivity index (χ1) is 8.81. The van der Waals surface area contributed by atoms with Crippen molar-refractivity contribution in [2.75, 3.05) is 5.73 Å². The minimum absolute atomic E-state index is 0.0300. The van der Waals surface area contributed by atoms with Crippen LogP contribution in [0.15, 0.2) is 21.5 Å². The minimum Gasteiger partial charge on any atom is -0.396 e. The van der Waals surface area contributed by atoms with Crippen LogP contribution < -0.4 is 10.5 Å². The van der Waals surface area contributed by atoms with Gasteiger partial charge in [0.25, 0.3) is 0 Å². The van der Waals surface area contributed by atoms with Crippen LogP contribution in [0.1, 0.15) is 26.2 Å². The molecule has 19 heavy (non-hydrogen) atoms. The number of hydrogen-bond acceptors (Lipinski definition) is 3. The number of nitrogen functional groups attached to an aromatic ring is 1. The summed E-state index contributed by atoms with van der Waals surface area (Å²) in [4.78, 5) is -0.0300. The number of hydrogen-bond donors (Lipinski definition) is 2. The van der Waals surface area contributed by atoms with Crippen LogP contribution in [-0.4, -0.2) is 14.5 Å². The van der Waals surface area contributed by atoms with Crippen LogP contribution in [0.3, 0.4) is 0 Å². The summed E-state index contributed by atoms with van der Waals surface area (Å²) in [6.07, 6.45) is 3.22. The van der Waals surface area contributed by atoms with Crippen LogP contribution in [0, 0.1) is 11.7 Å². The molecule has 1 aromatic rings. The Balaban J connectivity index is 2.26. The number of halogens is 2. The van der Waals surface area contributed by atoms with Gasteiger partial charge in [0.2, 0.25) is 10.0 Å². The predicted molar refractivity (Wildman–Crippen MR) is 75.6 cm³/mol. The van der Waals surface area contributed by atoms with E-state index >= 15 is 0 Å². The second kappa shape index (κ2) is 5.38. The number of nitrogens with one attached hydrogen (secondary N) is 1. The van der Waals surface area contributed by atoms with Gasteiger partial charge in [0, 0.05) is 10.5 Å². The van der Waals surface area contributed by atoms with E-state index in [-0.39, 0.29) is 21.1 Å². The van der Waals surface area contributed by atoms with Crippen molar-refractivity contribution < 1.29 is 12.8 Å². The van der Waals surface area contributed by atoms with Gasteiger partial charge in [-0.1, -0.05) is 6.42 Å². The van der Waals surface area contributed by atoms with Gasteiger partial charge in [-0.05, 0) is 53.7 Å². The van der Waals surface area contributed by atoms with Crippen molar-refractivity contribution in [2.24, 2.45) is 5.92 Å². The van der Waals surface area contributed by atoms with Gasteiger partial charge in [-0.2, -0.15) is 0 Å². The molecule has 1 aliphatic carbocycles. The smallest absolute Gasteiger partial charge is 0.242 e. The summed E-state index contributed by atoms with van der Waals surface area (Å²) in [5.74, 6) is -0.260. The van der Waals surface area contributed by atoms with Gasteiger partial charge in [-0.15, -0.1) is 0 Å². The largest absolute Gasteiger partial charge is 0.396 e. The van der Waals surface area contributed by atoms with Gasteiger partial charge in [0.1, 0.15) is 5.82 Å². The summed E-state index contributed by atoms with van der Waals surface area (Å²) in [6, 6.07) is 2.07. The van der Waals surface area contributed by atoms with Crippen molar-refractivity contribution in [3.8, 4) is 0 Å². The van der Waals surface area contributed by atoms with Gasteiger partial charge in [-0.3, -0.25) is 0 Å². The number of benzene rings is 1. The lowest BCUT2D eigenvalue weighted by atomic mass is 9.81. The Morgan fingerprint density at radius 1 is 1.47 bits per heavy atom. The molecule has 1 saturated carbocycles. The molecule has 3 N–H and O–H groups in total. The fourth-order valence-corrected chi connectivity index (χ4v) is 4.46. The van der Waals surface area contributed by atoms with E-state index in [1.165, 1.54) is 0 Å². The molecule has 7 heteroatoms. The topological polar surface area (TPSA) is 72.2 Å². The maximum absolute atomic E-state index is 13.2. The van der Waals surface area contributed by atoms with Crippen molar-refractivity contribution in [1.29, 1.82) is 0 Å². The first-order valence-electron chi connectivity index (χ1n) is 6.08.